The fourth-order valence-electron chi connectivity index (χ4n) is 4.27. The molecule has 7 nitrogen and oxygen atoms in total. The minimum atomic E-state index is -0.837. The molecular weight excluding hydrogens is 442 g/mol. The number of carbonyl (C=O) groups excluding carboxylic acids is 1. The summed E-state index contributed by atoms with van der Waals surface area (Å²) in [7, 11) is 0. The van der Waals surface area contributed by atoms with Crippen LogP contribution in [-0.4, -0.2) is 36.5 Å². The summed E-state index contributed by atoms with van der Waals surface area (Å²) in [5, 5.41) is 14.2. The summed E-state index contributed by atoms with van der Waals surface area (Å²) >= 11 is 0. The van der Waals surface area contributed by atoms with Crippen LogP contribution in [0.4, 0.5) is 31.5 Å². The van der Waals surface area contributed by atoms with E-state index in [4.69, 9.17) is 0 Å². The summed E-state index contributed by atoms with van der Waals surface area (Å²) in [6.45, 7) is 5.95. The highest BCUT2D eigenvalue weighted by atomic mass is 19.1. The minimum Gasteiger partial charge on any atom is -0.365 e. The van der Waals surface area contributed by atoms with Crippen LogP contribution in [0.1, 0.15) is 22.8 Å². The highest BCUT2D eigenvalue weighted by molar-refractivity contribution is 6.05. The van der Waals surface area contributed by atoms with Gasteiger partial charge in [0.2, 0.25) is 0 Å². The number of aryl methyl sites for hydroxylation is 1. The van der Waals surface area contributed by atoms with Crippen LogP contribution in [0.25, 0.3) is 0 Å². The Balaban J connectivity index is 1.54. The molecule has 0 unspecified atom stereocenters. The highest BCUT2D eigenvalue weighted by Crippen LogP contribution is 2.32. The molecule has 1 heterocycles. The van der Waals surface area contributed by atoms with Crippen LogP contribution in [0, 0.1) is 28.7 Å². The van der Waals surface area contributed by atoms with Crippen LogP contribution in [0.5, 0.6) is 0 Å². The Morgan fingerprint density at radius 3 is 2.44 bits per heavy atom. The smallest absolute Gasteiger partial charge is 0.293 e. The van der Waals surface area contributed by atoms with Gasteiger partial charge in [-0.3, -0.25) is 14.9 Å². The van der Waals surface area contributed by atoms with Gasteiger partial charge in [0.1, 0.15) is 17.3 Å². The molecule has 0 bridgehead atoms. The van der Waals surface area contributed by atoms with Crippen molar-refractivity contribution in [1.82, 2.24) is 0 Å². The lowest BCUT2D eigenvalue weighted by molar-refractivity contribution is -0.384. The average molecular weight is 466 g/mol. The maximum Gasteiger partial charge on any atom is 0.293 e. The van der Waals surface area contributed by atoms with Gasteiger partial charge in [0.15, 0.2) is 0 Å². The molecule has 4 rings (SSSR count). The van der Waals surface area contributed by atoms with E-state index >= 15 is 0 Å². The Kier molecular flexibility index (Phi) is 6.45. The number of nitro benzene ring substituents is 1. The molecular formula is C25H24F2N4O3. The zero-order valence-corrected chi connectivity index (χ0v) is 18.8. The third-order valence-electron chi connectivity index (χ3n) is 5.86. The van der Waals surface area contributed by atoms with E-state index in [-0.39, 0.29) is 23.0 Å². The van der Waals surface area contributed by atoms with Gasteiger partial charge < -0.3 is 15.1 Å². The Bertz CT molecular complexity index is 1230. The number of amides is 1. The molecule has 1 amide bonds. The summed E-state index contributed by atoms with van der Waals surface area (Å²) in [5.41, 5.74) is 2.45. The maximum atomic E-state index is 13.4. The van der Waals surface area contributed by atoms with Crippen LogP contribution >= 0.6 is 0 Å². The van der Waals surface area contributed by atoms with Crippen molar-refractivity contribution in [3.63, 3.8) is 0 Å². The lowest BCUT2D eigenvalue weighted by Gasteiger charge is -2.42. The van der Waals surface area contributed by atoms with Crippen molar-refractivity contribution in [3.8, 4) is 0 Å². The Morgan fingerprint density at radius 1 is 1.06 bits per heavy atom. The number of hydrogen-bond acceptors (Lipinski definition) is 5. The second kappa shape index (κ2) is 9.46. The van der Waals surface area contributed by atoms with E-state index in [1.165, 1.54) is 12.1 Å². The summed E-state index contributed by atoms with van der Waals surface area (Å²) < 4.78 is 26.8. The SMILES string of the molecule is Cc1cccc(N2CCN(c3ccc(C(=O)Nc4cc(F)cc(F)c4)cc3[N+](=O)[O-])C[C@H]2C)c1. The Morgan fingerprint density at radius 2 is 1.79 bits per heavy atom. The molecule has 0 aliphatic carbocycles. The minimum absolute atomic E-state index is 0.0200. The predicted molar refractivity (Wildman–Crippen MR) is 128 cm³/mol. The molecule has 0 spiro atoms. The number of rotatable bonds is 5. The zero-order chi connectivity index (χ0) is 24.4. The standard InChI is InChI=1S/C25H24F2N4O3/c1-16-4-3-5-22(10-16)30-9-8-29(15-17(30)2)23-7-6-18(11-24(23)31(33)34)25(32)28-21-13-19(26)12-20(27)14-21/h3-7,10-14,17H,8-9,15H2,1-2H3,(H,28,32)/t17-/m1/s1. The maximum absolute atomic E-state index is 13.4. The molecule has 3 aromatic carbocycles. The van der Waals surface area contributed by atoms with E-state index in [9.17, 15) is 23.7 Å². The first-order valence-corrected chi connectivity index (χ1v) is 10.9. The van der Waals surface area contributed by atoms with Crippen LogP contribution in [0.15, 0.2) is 60.7 Å². The highest BCUT2D eigenvalue weighted by Gasteiger charge is 2.29. The molecule has 1 N–H and O–H groups in total. The van der Waals surface area contributed by atoms with Crippen molar-refractivity contribution in [1.29, 1.82) is 0 Å². The number of halogens is 2. The molecule has 1 aliphatic rings. The van der Waals surface area contributed by atoms with E-state index < -0.39 is 22.5 Å². The molecule has 1 saturated heterocycles. The van der Waals surface area contributed by atoms with Gasteiger partial charge in [0.25, 0.3) is 11.6 Å². The second-order valence-electron chi connectivity index (χ2n) is 8.40. The zero-order valence-electron chi connectivity index (χ0n) is 18.8. The third-order valence-corrected chi connectivity index (χ3v) is 5.86. The molecule has 0 radical (unpaired) electrons. The van der Waals surface area contributed by atoms with Crippen LogP contribution in [0.2, 0.25) is 0 Å². The number of anilines is 3. The van der Waals surface area contributed by atoms with Crippen molar-refractivity contribution in [2.24, 2.45) is 0 Å². The van der Waals surface area contributed by atoms with E-state index in [0.29, 0.717) is 31.4 Å². The number of nitrogens with one attached hydrogen (secondary N) is 1. The Labute approximate surface area is 195 Å². The average Bonchev–Trinajstić information content (AvgIpc) is 2.77. The summed E-state index contributed by atoms with van der Waals surface area (Å²) in [6.07, 6.45) is 0. The molecule has 176 valence electrons. The van der Waals surface area contributed by atoms with E-state index in [2.05, 4.69) is 29.3 Å². The fourth-order valence-corrected chi connectivity index (χ4v) is 4.27. The van der Waals surface area contributed by atoms with Crippen LogP contribution in [-0.2, 0) is 0 Å². The van der Waals surface area contributed by atoms with E-state index in [1.807, 2.05) is 24.0 Å². The van der Waals surface area contributed by atoms with Gasteiger partial charge in [-0.2, -0.15) is 0 Å². The second-order valence-corrected chi connectivity index (χ2v) is 8.40. The van der Waals surface area contributed by atoms with Gasteiger partial charge in [0, 0.05) is 54.7 Å². The molecule has 0 saturated carbocycles. The van der Waals surface area contributed by atoms with Crippen molar-refractivity contribution >= 4 is 28.7 Å². The molecule has 1 atom stereocenters. The van der Waals surface area contributed by atoms with Gasteiger partial charge >= 0.3 is 0 Å². The quantitative estimate of drug-likeness (QED) is 0.416. The van der Waals surface area contributed by atoms with E-state index in [1.54, 1.807) is 6.07 Å². The number of nitrogens with zero attached hydrogens (tertiary/aromatic N) is 3. The number of benzene rings is 3. The third kappa shape index (κ3) is 4.98. The van der Waals surface area contributed by atoms with Gasteiger partial charge in [-0.05, 0) is 55.8 Å². The number of carbonyl (C=O) groups is 1. The first-order chi connectivity index (χ1) is 16.2. The van der Waals surface area contributed by atoms with Crippen LogP contribution in [0.3, 0.4) is 0 Å². The van der Waals surface area contributed by atoms with Gasteiger partial charge in [-0.15, -0.1) is 0 Å². The topological polar surface area (TPSA) is 78.7 Å². The van der Waals surface area contributed by atoms with Gasteiger partial charge in [-0.1, -0.05) is 12.1 Å². The summed E-state index contributed by atoms with van der Waals surface area (Å²) in [4.78, 5) is 28.1. The first kappa shape index (κ1) is 23.2. The predicted octanol–water partition coefficient (Wildman–Crippen LogP) is 5.15. The normalized spacial score (nSPS) is 15.8. The molecule has 3 aromatic rings. The van der Waals surface area contributed by atoms with Crippen molar-refractivity contribution < 1.29 is 18.5 Å². The lowest BCUT2D eigenvalue weighted by Crippen LogP contribution is -2.52. The molecule has 1 fully saturated rings. The summed E-state index contributed by atoms with van der Waals surface area (Å²) in [6, 6.07) is 15.2. The Hall–Kier alpha value is -4.01. The van der Waals surface area contributed by atoms with Crippen LogP contribution < -0.4 is 15.1 Å². The molecule has 0 aromatic heterocycles. The van der Waals surface area contributed by atoms with Crippen molar-refractivity contribution in [3.05, 3.63) is 93.5 Å². The molecule has 1 aliphatic heterocycles. The molecule has 34 heavy (non-hydrogen) atoms. The first-order valence-electron chi connectivity index (χ1n) is 10.9. The monoisotopic (exact) mass is 466 g/mol. The van der Waals surface area contributed by atoms with Crippen molar-refractivity contribution in [2.45, 2.75) is 19.9 Å². The molecule has 9 heteroatoms. The number of hydrogen-bond donors (Lipinski definition) is 1. The van der Waals surface area contributed by atoms with Gasteiger partial charge in [-0.25, -0.2) is 8.78 Å². The fraction of sp³-hybridized carbons (Fsp3) is 0.240. The largest absolute Gasteiger partial charge is 0.365 e. The van der Waals surface area contributed by atoms with E-state index in [0.717, 1.165) is 23.4 Å². The van der Waals surface area contributed by atoms with Gasteiger partial charge in [0.05, 0.1) is 4.92 Å². The lowest BCUT2D eigenvalue weighted by atomic mass is 10.1. The number of piperazine rings is 1. The summed E-state index contributed by atoms with van der Waals surface area (Å²) in [5.74, 6) is -2.37. The number of nitro groups is 1. The van der Waals surface area contributed by atoms with Crippen molar-refractivity contribution in [2.75, 3.05) is 34.8 Å².